The van der Waals surface area contributed by atoms with E-state index < -0.39 is 11.7 Å². The standard InChI is InChI=1S/C25H21F3N6O2/c1-35-21-10-18-20(11-22(21)36-2)32-24(29-12-14-3-5-16(6-4-14)25(26,27)28)33-23(18)31-17-7-8-19-15(9-17)13-30-34-19/h3-11,13H,12H2,1-2H3,(H,30,34)(H2,29,31,32,33). The molecule has 0 saturated heterocycles. The molecule has 184 valence electrons. The summed E-state index contributed by atoms with van der Waals surface area (Å²) in [6.45, 7) is 0.233. The first kappa shape index (κ1) is 23.2. The molecule has 5 aromatic rings. The topological polar surface area (TPSA) is 97.0 Å². The highest BCUT2D eigenvalue weighted by molar-refractivity contribution is 5.95. The van der Waals surface area contributed by atoms with Crippen molar-refractivity contribution in [2.45, 2.75) is 12.7 Å². The Hall–Kier alpha value is -4.54. The lowest BCUT2D eigenvalue weighted by Gasteiger charge is -2.15. The van der Waals surface area contributed by atoms with Crippen LogP contribution in [0.5, 0.6) is 11.5 Å². The molecule has 0 amide bonds. The fourth-order valence-corrected chi connectivity index (χ4v) is 3.78. The third-order valence-corrected chi connectivity index (χ3v) is 5.64. The highest BCUT2D eigenvalue weighted by Gasteiger charge is 2.29. The van der Waals surface area contributed by atoms with E-state index in [1.807, 2.05) is 18.2 Å². The minimum absolute atomic E-state index is 0.233. The molecule has 11 heteroatoms. The molecule has 0 unspecified atom stereocenters. The van der Waals surface area contributed by atoms with Crippen molar-refractivity contribution in [3.63, 3.8) is 0 Å². The summed E-state index contributed by atoms with van der Waals surface area (Å²) < 4.78 is 49.4. The first-order valence-electron chi connectivity index (χ1n) is 10.9. The number of aromatic amines is 1. The van der Waals surface area contributed by atoms with Crippen LogP contribution in [0.15, 0.2) is 60.8 Å². The second kappa shape index (κ2) is 9.25. The number of H-pyrrole nitrogens is 1. The third kappa shape index (κ3) is 4.67. The molecule has 0 aliphatic heterocycles. The van der Waals surface area contributed by atoms with E-state index in [0.29, 0.717) is 39.7 Å². The SMILES string of the molecule is COc1cc2nc(NCc3ccc(C(F)(F)F)cc3)nc(Nc3ccc4[nH]ncc4c3)c2cc1OC. The average Bonchev–Trinajstić information content (AvgIpc) is 3.34. The second-order valence-corrected chi connectivity index (χ2v) is 7.97. The van der Waals surface area contributed by atoms with E-state index in [-0.39, 0.29) is 6.54 Å². The minimum atomic E-state index is -4.38. The fourth-order valence-electron chi connectivity index (χ4n) is 3.78. The number of alkyl halides is 3. The van der Waals surface area contributed by atoms with Crippen molar-refractivity contribution < 1.29 is 22.6 Å². The predicted octanol–water partition coefficient (Wildman–Crippen LogP) is 5.90. The van der Waals surface area contributed by atoms with Gasteiger partial charge < -0.3 is 20.1 Å². The van der Waals surface area contributed by atoms with Crippen molar-refractivity contribution in [3.8, 4) is 11.5 Å². The monoisotopic (exact) mass is 494 g/mol. The Balaban J connectivity index is 1.49. The molecule has 0 fully saturated rings. The van der Waals surface area contributed by atoms with Crippen molar-refractivity contribution in [1.82, 2.24) is 20.2 Å². The lowest BCUT2D eigenvalue weighted by molar-refractivity contribution is -0.137. The number of anilines is 3. The smallest absolute Gasteiger partial charge is 0.416 e. The predicted molar refractivity (Wildman–Crippen MR) is 131 cm³/mol. The Morgan fingerprint density at radius 2 is 1.67 bits per heavy atom. The van der Waals surface area contributed by atoms with E-state index in [2.05, 4.69) is 30.8 Å². The van der Waals surface area contributed by atoms with Crippen LogP contribution in [0.3, 0.4) is 0 Å². The number of hydrogen-bond donors (Lipinski definition) is 3. The number of benzene rings is 3. The first-order chi connectivity index (χ1) is 17.3. The zero-order chi connectivity index (χ0) is 25.3. The number of ether oxygens (including phenoxy) is 2. The number of hydrogen-bond acceptors (Lipinski definition) is 7. The summed E-state index contributed by atoms with van der Waals surface area (Å²) in [5.74, 6) is 1.83. The highest BCUT2D eigenvalue weighted by Crippen LogP contribution is 2.36. The molecule has 2 aromatic heterocycles. The van der Waals surface area contributed by atoms with Crippen molar-refractivity contribution in [2.24, 2.45) is 0 Å². The van der Waals surface area contributed by atoms with Crippen LogP contribution < -0.4 is 20.1 Å². The van der Waals surface area contributed by atoms with Crippen molar-refractivity contribution in [1.29, 1.82) is 0 Å². The van der Waals surface area contributed by atoms with Crippen LogP contribution in [0.25, 0.3) is 21.8 Å². The maximum absolute atomic E-state index is 12.9. The molecular formula is C25H21F3N6O2. The summed E-state index contributed by atoms with van der Waals surface area (Å²) in [6.07, 6.45) is -2.66. The van der Waals surface area contributed by atoms with E-state index in [1.54, 1.807) is 25.4 Å². The van der Waals surface area contributed by atoms with Gasteiger partial charge in [0.25, 0.3) is 0 Å². The number of methoxy groups -OCH3 is 2. The lowest BCUT2D eigenvalue weighted by atomic mass is 10.1. The van der Waals surface area contributed by atoms with Gasteiger partial charge >= 0.3 is 6.18 Å². The minimum Gasteiger partial charge on any atom is -0.493 e. The van der Waals surface area contributed by atoms with Crippen LogP contribution in [0.4, 0.5) is 30.6 Å². The van der Waals surface area contributed by atoms with Gasteiger partial charge in [0.1, 0.15) is 5.82 Å². The van der Waals surface area contributed by atoms with Gasteiger partial charge in [-0.2, -0.15) is 23.3 Å². The van der Waals surface area contributed by atoms with Crippen LogP contribution in [-0.2, 0) is 12.7 Å². The maximum atomic E-state index is 12.9. The Morgan fingerprint density at radius 3 is 2.39 bits per heavy atom. The second-order valence-electron chi connectivity index (χ2n) is 7.97. The normalized spacial score (nSPS) is 11.6. The maximum Gasteiger partial charge on any atom is 0.416 e. The van der Waals surface area contributed by atoms with Gasteiger partial charge in [-0.25, -0.2) is 4.98 Å². The van der Waals surface area contributed by atoms with E-state index in [0.717, 1.165) is 28.7 Å². The summed E-state index contributed by atoms with van der Waals surface area (Å²) in [5, 5.41) is 15.0. The van der Waals surface area contributed by atoms with Crippen LogP contribution in [0.2, 0.25) is 0 Å². The number of rotatable bonds is 7. The Labute approximate surface area is 203 Å². The van der Waals surface area contributed by atoms with Gasteiger partial charge in [-0.1, -0.05) is 12.1 Å². The zero-order valence-corrected chi connectivity index (χ0v) is 19.3. The largest absolute Gasteiger partial charge is 0.493 e. The van der Waals surface area contributed by atoms with Gasteiger partial charge in [0.15, 0.2) is 11.5 Å². The number of aromatic nitrogens is 4. The summed E-state index contributed by atoms with van der Waals surface area (Å²) in [7, 11) is 3.08. The Morgan fingerprint density at radius 1 is 0.917 bits per heavy atom. The van der Waals surface area contributed by atoms with Gasteiger partial charge in [-0.05, 0) is 42.0 Å². The fraction of sp³-hybridized carbons (Fsp3) is 0.160. The number of nitrogens with one attached hydrogen (secondary N) is 3. The summed E-state index contributed by atoms with van der Waals surface area (Å²) in [6, 6.07) is 14.2. The van der Waals surface area contributed by atoms with Crippen molar-refractivity contribution in [2.75, 3.05) is 24.9 Å². The first-order valence-corrected chi connectivity index (χ1v) is 10.9. The Kier molecular flexibility index (Phi) is 5.96. The van der Waals surface area contributed by atoms with Gasteiger partial charge in [0.2, 0.25) is 5.95 Å². The molecule has 0 bridgehead atoms. The van der Waals surface area contributed by atoms with Crippen LogP contribution in [0, 0.1) is 0 Å². The third-order valence-electron chi connectivity index (χ3n) is 5.64. The molecule has 0 aliphatic carbocycles. The van der Waals surface area contributed by atoms with Gasteiger partial charge in [0.05, 0.1) is 37.0 Å². The van der Waals surface area contributed by atoms with Crippen molar-refractivity contribution in [3.05, 3.63) is 71.9 Å². The van der Waals surface area contributed by atoms with Crippen LogP contribution in [-0.4, -0.2) is 34.4 Å². The van der Waals surface area contributed by atoms with Crippen molar-refractivity contribution >= 4 is 39.3 Å². The van der Waals surface area contributed by atoms with Crippen LogP contribution >= 0.6 is 0 Å². The molecule has 0 saturated carbocycles. The number of nitrogens with zero attached hydrogens (tertiary/aromatic N) is 3. The molecule has 0 aliphatic rings. The molecule has 0 radical (unpaired) electrons. The molecule has 3 aromatic carbocycles. The van der Waals surface area contributed by atoms with E-state index in [1.165, 1.54) is 19.2 Å². The highest BCUT2D eigenvalue weighted by atomic mass is 19.4. The molecule has 2 heterocycles. The number of fused-ring (bicyclic) bond motifs is 2. The summed E-state index contributed by atoms with van der Waals surface area (Å²) in [4.78, 5) is 9.22. The van der Waals surface area contributed by atoms with E-state index in [4.69, 9.17) is 9.47 Å². The Bertz CT molecular complexity index is 1530. The van der Waals surface area contributed by atoms with Gasteiger partial charge in [-0.15, -0.1) is 0 Å². The van der Waals surface area contributed by atoms with Gasteiger partial charge in [-0.3, -0.25) is 5.10 Å². The average molecular weight is 494 g/mol. The quantitative estimate of drug-likeness (QED) is 0.259. The molecule has 0 spiro atoms. The molecule has 8 nitrogen and oxygen atoms in total. The summed E-state index contributed by atoms with van der Waals surface area (Å²) in [5.41, 5.74) is 2.23. The lowest BCUT2D eigenvalue weighted by Crippen LogP contribution is -2.08. The van der Waals surface area contributed by atoms with Gasteiger partial charge in [0, 0.05) is 29.1 Å². The van der Waals surface area contributed by atoms with Crippen LogP contribution in [0.1, 0.15) is 11.1 Å². The molecule has 3 N–H and O–H groups in total. The number of halogens is 3. The summed E-state index contributed by atoms with van der Waals surface area (Å²) >= 11 is 0. The molecule has 5 rings (SSSR count). The molecule has 36 heavy (non-hydrogen) atoms. The zero-order valence-electron chi connectivity index (χ0n) is 19.3. The molecular weight excluding hydrogens is 473 g/mol. The van der Waals surface area contributed by atoms with E-state index >= 15 is 0 Å². The van der Waals surface area contributed by atoms with E-state index in [9.17, 15) is 13.2 Å². The molecule has 0 atom stereocenters.